The van der Waals surface area contributed by atoms with Crippen molar-refractivity contribution in [1.29, 1.82) is 0 Å². The number of nitrogen functional groups attached to an aromatic ring is 1. The highest BCUT2D eigenvalue weighted by Crippen LogP contribution is 2.19. The predicted octanol–water partition coefficient (Wildman–Crippen LogP) is 2.26. The molecule has 0 bridgehead atoms. The maximum Gasteiger partial charge on any atom is 0.151 e. The van der Waals surface area contributed by atoms with Crippen LogP contribution in [0.4, 0.5) is 10.1 Å². The number of fused-ring (bicyclic) bond motifs is 1. The van der Waals surface area contributed by atoms with Crippen molar-refractivity contribution in [3.63, 3.8) is 0 Å². The molecule has 0 saturated carbocycles. The maximum atomic E-state index is 13.3. The third-order valence-corrected chi connectivity index (χ3v) is 1.91. The molecule has 2 N–H and O–H groups in total. The van der Waals surface area contributed by atoms with Crippen LogP contribution in [-0.2, 0) is 0 Å². The fourth-order valence-corrected chi connectivity index (χ4v) is 1.31. The molecule has 66 valence electrons. The zero-order chi connectivity index (χ0) is 9.42. The summed E-state index contributed by atoms with van der Waals surface area (Å²) in [4.78, 5) is 4.09. The molecule has 0 aliphatic rings. The van der Waals surface area contributed by atoms with Gasteiger partial charge in [-0.1, -0.05) is 6.07 Å². The predicted molar refractivity (Wildman–Crippen MR) is 50.9 cm³/mol. The SMILES string of the molecule is Cc1ccc2cc(N)cc(F)c2n1. The monoisotopic (exact) mass is 176 g/mol. The molecule has 13 heavy (non-hydrogen) atoms. The molecule has 0 saturated heterocycles. The van der Waals surface area contributed by atoms with E-state index in [1.807, 2.05) is 19.1 Å². The van der Waals surface area contributed by atoms with Crippen molar-refractivity contribution in [2.45, 2.75) is 6.92 Å². The molecule has 0 unspecified atom stereocenters. The Balaban J connectivity index is 2.87. The quantitative estimate of drug-likeness (QED) is 0.625. The number of aromatic nitrogens is 1. The van der Waals surface area contributed by atoms with Gasteiger partial charge in [0, 0.05) is 16.8 Å². The van der Waals surface area contributed by atoms with Crippen LogP contribution in [0.25, 0.3) is 10.9 Å². The van der Waals surface area contributed by atoms with Gasteiger partial charge < -0.3 is 5.73 Å². The van der Waals surface area contributed by atoms with E-state index < -0.39 is 0 Å². The van der Waals surface area contributed by atoms with Gasteiger partial charge in [0.05, 0.1) is 0 Å². The number of rotatable bonds is 0. The van der Waals surface area contributed by atoms with E-state index in [0.29, 0.717) is 11.2 Å². The van der Waals surface area contributed by atoms with Crippen LogP contribution >= 0.6 is 0 Å². The number of hydrogen-bond acceptors (Lipinski definition) is 2. The smallest absolute Gasteiger partial charge is 0.151 e. The summed E-state index contributed by atoms with van der Waals surface area (Å²) in [6.45, 7) is 1.83. The molecule has 2 aromatic rings. The Kier molecular flexibility index (Phi) is 1.65. The van der Waals surface area contributed by atoms with Gasteiger partial charge in [0.1, 0.15) is 5.52 Å². The molecule has 3 heteroatoms. The Morgan fingerprint density at radius 2 is 2.08 bits per heavy atom. The third kappa shape index (κ3) is 1.33. The highest BCUT2D eigenvalue weighted by Gasteiger charge is 2.03. The first-order valence-corrected chi connectivity index (χ1v) is 3.99. The molecule has 0 fully saturated rings. The number of nitrogens with two attached hydrogens (primary N) is 1. The van der Waals surface area contributed by atoms with E-state index in [1.54, 1.807) is 6.07 Å². The first-order chi connectivity index (χ1) is 6.16. The number of anilines is 1. The number of hydrogen-bond donors (Lipinski definition) is 1. The van der Waals surface area contributed by atoms with Gasteiger partial charge >= 0.3 is 0 Å². The van der Waals surface area contributed by atoms with E-state index >= 15 is 0 Å². The van der Waals surface area contributed by atoms with Crippen molar-refractivity contribution < 1.29 is 4.39 Å². The second-order valence-corrected chi connectivity index (χ2v) is 3.03. The lowest BCUT2D eigenvalue weighted by atomic mass is 10.2. The number of benzene rings is 1. The Hall–Kier alpha value is -1.64. The minimum Gasteiger partial charge on any atom is -0.399 e. The lowest BCUT2D eigenvalue weighted by Crippen LogP contribution is -1.91. The summed E-state index contributed by atoms with van der Waals surface area (Å²) in [5.74, 6) is -0.362. The lowest BCUT2D eigenvalue weighted by molar-refractivity contribution is 0.637. The van der Waals surface area contributed by atoms with E-state index in [4.69, 9.17) is 5.73 Å². The Morgan fingerprint density at radius 3 is 2.85 bits per heavy atom. The van der Waals surface area contributed by atoms with Crippen LogP contribution in [0.3, 0.4) is 0 Å². The van der Waals surface area contributed by atoms with Crippen molar-refractivity contribution in [3.05, 3.63) is 35.8 Å². The second-order valence-electron chi connectivity index (χ2n) is 3.03. The molecular weight excluding hydrogens is 167 g/mol. The van der Waals surface area contributed by atoms with Crippen LogP contribution in [0.1, 0.15) is 5.69 Å². The molecule has 1 aromatic heterocycles. The van der Waals surface area contributed by atoms with Crippen LogP contribution in [0.5, 0.6) is 0 Å². The molecule has 0 amide bonds. The Bertz CT molecular complexity index is 466. The van der Waals surface area contributed by atoms with Crippen molar-refractivity contribution in [3.8, 4) is 0 Å². The van der Waals surface area contributed by atoms with Crippen molar-refractivity contribution >= 4 is 16.6 Å². The van der Waals surface area contributed by atoms with E-state index in [2.05, 4.69) is 4.98 Å². The third-order valence-electron chi connectivity index (χ3n) is 1.91. The number of nitrogens with zero attached hydrogens (tertiary/aromatic N) is 1. The van der Waals surface area contributed by atoms with E-state index in [-0.39, 0.29) is 5.82 Å². The van der Waals surface area contributed by atoms with E-state index in [1.165, 1.54) is 6.07 Å². The van der Waals surface area contributed by atoms with Crippen LogP contribution in [0.2, 0.25) is 0 Å². The van der Waals surface area contributed by atoms with Gasteiger partial charge in [0.2, 0.25) is 0 Å². The van der Waals surface area contributed by atoms with Gasteiger partial charge in [-0.05, 0) is 25.1 Å². The summed E-state index contributed by atoms with van der Waals surface area (Å²) in [7, 11) is 0. The van der Waals surface area contributed by atoms with Crippen LogP contribution in [0.15, 0.2) is 24.3 Å². The largest absolute Gasteiger partial charge is 0.399 e. The first kappa shape index (κ1) is 7.98. The van der Waals surface area contributed by atoms with Gasteiger partial charge in [0.15, 0.2) is 5.82 Å². The number of aryl methyl sites for hydroxylation is 1. The molecule has 0 aliphatic carbocycles. The fraction of sp³-hybridized carbons (Fsp3) is 0.100. The summed E-state index contributed by atoms with van der Waals surface area (Å²) < 4.78 is 13.3. The highest BCUT2D eigenvalue weighted by atomic mass is 19.1. The molecule has 1 aromatic carbocycles. The zero-order valence-corrected chi connectivity index (χ0v) is 7.21. The Labute approximate surface area is 75.2 Å². The summed E-state index contributed by atoms with van der Waals surface area (Å²) in [6.07, 6.45) is 0. The zero-order valence-electron chi connectivity index (χ0n) is 7.21. The number of halogens is 1. The topological polar surface area (TPSA) is 38.9 Å². The minimum absolute atomic E-state index is 0.362. The molecular formula is C10H9FN2. The van der Waals surface area contributed by atoms with Gasteiger partial charge in [0.25, 0.3) is 0 Å². The average molecular weight is 176 g/mol. The van der Waals surface area contributed by atoms with Crippen LogP contribution in [-0.4, -0.2) is 4.98 Å². The van der Waals surface area contributed by atoms with Gasteiger partial charge in [-0.3, -0.25) is 4.98 Å². The highest BCUT2D eigenvalue weighted by molar-refractivity contribution is 5.82. The molecule has 0 atom stereocenters. The standard InChI is InChI=1S/C10H9FN2/c1-6-2-3-7-4-8(12)5-9(11)10(7)13-6/h2-5H,12H2,1H3. The van der Waals surface area contributed by atoms with Gasteiger partial charge in [-0.2, -0.15) is 0 Å². The van der Waals surface area contributed by atoms with Crippen molar-refractivity contribution in [1.82, 2.24) is 4.98 Å². The lowest BCUT2D eigenvalue weighted by Gasteiger charge is -2.01. The number of pyridine rings is 1. The van der Waals surface area contributed by atoms with Gasteiger partial charge in [-0.25, -0.2) is 4.39 Å². The fourth-order valence-electron chi connectivity index (χ4n) is 1.31. The van der Waals surface area contributed by atoms with Crippen molar-refractivity contribution in [2.24, 2.45) is 0 Å². The normalized spacial score (nSPS) is 10.6. The van der Waals surface area contributed by atoms with E-state index in [0.717, 1.165) is 11.1 Å². The Morgan fingerprint density at radius 1 is 1.31 bits per heavy atom. The summed E-state index contributed by atoms with van der Waals surface area (Å²) in [5, 5.41) is 0.739. The summed E-state index contributed by atoms with van der Waals surface area (Å²) >= 11 is 0. The summed E-state index contributed by atoms with van der Waals surface area (Å²) in [6, 6.07) is 6.65. The minimum atomic E-state index is -0.362. The van der Waals surface area contributed by atoms with Crippen LogP contribution in [0, 0.1) is 12.7 Å². The van der Waals surface area contributed by atoms with Gasteiger partial charge in [-0.15, -0.1) is 0 Å². The molecule has 2 nitrogen and oxygen atoms in total. The first-order valence-electron chi connectivity index (χ1n) is 3.99. The molecule has 0 aliphatic heterocycles. The molecule has 0 radical (unpaired) electrons. The average Bonchev–Trinajstić information content (AvgIpc) is 2.06. The maximum absolute atomic E-state index is 13.3. The van der Waals surface area contributed by atoms with E-state index in [9.17, 15) is 4.39 Å². The second kappa shape index (κ2) is 2.69. The molecule has 0 spiro atoms. The van der Waals surface area contributed by atoms with Crippen molar-refractivity contribution in [2.75, 3.05) is 5.73 Å². The summed E-state index contributed by atoms with van der Waals surface area (Å²) in [5.41, 5.74) is 7.11. The molecule has 2 rings (SSSR count). The molecule has 1 heterocycles. The van der Waals surface area contributed by atoms with Crippen LogP contribution < -0.4 is 5.73 Å².